The van der Waals surface area contributed by atoms with Crippen molar-refractivity contribution in [2.45, 2.75) is 122 Å². The zero-order valence-electron chi connectivity index (χ0n) is 21.0. The van der Waals surface area contributed by atoms with Crippen LogP contribution in [0.4, 0.5) is 26.3 Å². The number of rotatable bonds is 17. The summed E-state index contributed by atoms with van der Waals surface area (Å²) >= 11 is 0. The van der Waals surface area contributed by atoms with Crippen molar-refractivity contribution in [1.82, 2.24) is 0 Å². The molecule has 0 N–H and O–H groups in total. The van der Waals surface area contributed by atoms with Crippen LogP contribution in [0.1, 0.15) is 110 Å². The first-order chi connectivity index (χ1) is 17.0. The second-order valence-electron chi connectivity index (χ2n) is 9.40. The van der Waals surface area contributed by atoms with Crippen molar-refractivity contribution in [3.63, 3.8) is 0 Å². The molecule has 0 spiro atoms. The van der Waals surface area contributed by atoms with E-state index in [0.717, 1.165) is 44.2 Å². The number of alkyl halides is 6. The van der Waals surface area contributed by atoms with Gasteiger partial charge in [-0.25, -0.2) is 0 Å². The minimum Gasteiger partial charge on any atom is -0.299 e. The van der Waals surface area contributed by atoms with Gasteiger partial charge in [-0.15, -0.1) is 0 Å². The number of allylic oxidation sites excluding steroid dienone is 4. The highest BCUT2D eigenvalue weighted by Gasteiger charge is 2.57. The number of unbranched alkanes of at least 4 members (excludes halogenated alkanes) is 14. The van der Waals surface area contributed by atoms with E-state index < -0.39 is 52.8 Å². The quantitative estimate of drug-likeness (QED) is 0.142. The van der Waals surface area contributed by atoms with E-state index in [2.05, 4.69) is 6.92 Å². The maximum Gasteiger partial charge on any atom is 0.415 e. The molecule has 0 aliphatic heterocycles. The van der Waals surface area contributed by atoms with E-state index in [-0.39, 0.29) is 6.42 Å². The average molecular weight is 519 g/mol. The van der Waals surface area contributed by atoms with Crippen molar-refractivity contribution in [2.24, 2.45) is 5.92 Å². The molecule has 1 aliphatic carbocycles. The van der Waals surface area contributed by atoms with Gasteiger partial charge in [-0.05, 0) is 6.42 Å². The van der Waals surface area contributed by atoms with Gasteiger partial charge in [0.2, 0.25) is 0 Å². The van der Waals surface area contributed by atoms with Crippen LogP contribution in [0.3, 0.4) is 0 Å². The van der Waals surface area contributed by atoms with Gasteiger partial charge in [0.25, 0.3) is 0 Å². The molecular formula is C27H36F6N2O. The molecule has 0 saturated heterocycles. The molecule has 0 saturated carbocycles. The van der Waals surface area contributed by atoms with Crippen LogP contribution in [0, 0.1) is 28.6 Å². The minimum absolute atomic E-state index is 0.160. The Morgan fingerprint density at radius 3 is 1.22 bits per heavy atom. The number of carbonyl (C=O) groups excluding carboxylic acids is 1. The third kappa shape index (κ3) is 9.99. The van der Waals surface area contributed by atoms with Crippen LogP contribution in [0.15, 0.2) is 22.3 Å². The molecule has 0 heterocycles. The lowest BCUT2D eigenvalue weighted by molar-refractivity contribution is -0.134. The van der Waals surface area contributed by atoms with Crippen molar-refractivity contribution in [1.29, 1.82) is 10.5 Å². The fourth-order valence-electron chi connectivity index (χ4n) is 4.68. The zero-order valence-corrected chi connectivity index (χ0v) is 21.0. The molecule has 0 unspecified atom stereocenters. The highest BCUT2D eigenvalue weighted by molar-refractivity contribution is 5.91. The SMILES string of the molecule is CCCCCCCCCCCCCCCCCC(=O)C1C(C(F)(F)F)=C(C#N)C(C#N)=C1C(F)(F)F. The van der Waals surface area contributed by atoms with Crippen LogP contribution in [0.2, 0.25) is 0 Å². The summed E-state index contributed by atoms with van der Waals surface area (Å²) < 4.78 is 81.2. The normalized spacial score (nSPS) is 14.9. The molecule has 1 aliphatic rings. The Hall–Kier alpha value is -2.29. The highest BCUT2D eigenvalue weighted by Crippen LogP contribution is 2.51. The molecule has 0 radical (unpaired) electrons. The Bertz CT molecular complexity index is 807. The lowest BCUT2D eigenvalue weighted by atomic mass is 9.87. The average Bonchev–Trinajstić information content (AvgIpc) is 3.17. The molecule has 3 nitrogen and oxygen atoms in total. The number of hydrogen-bond acceptors (Lipinski definition) is 3. The minimum atomic E-state index is -5.34. The highest BCUT2D eigenvalue weighted by atomic mass is 19.4. The van der Waals surface area contributed by atoms with E-state index in [9.17, 15) is 31.1 Å². The Morgan fingerprint density at radius 2 is 0.944 bits per heavy atom. The van der Waals surface area contributed by atoms with Crippen molar-refractivity contribution < 1.29 is 31.1 Å². The van der Waals surface area contributed by atoms with Gasteiger partial charge < -0.3 is 0 Å². The van der Waals surface area contributed by atoms with Crippen LogP contribution in [-0.4, -0.2) is 18.1 Å². The molecule has 1 rings (SSSR count). The zero-order chi connectivity index (χ0) is 27.2. The van der Waals surface area contributed by atoms with Crippen molar-refractivity contribution in [2.75, 3.05) is 0 Å². The van der Waals surface area contributed by atoms with Crippen LogP contribution in [-0.2, 0) is 4.79 Å². The Labute approximate surface area is 210 Å². The van der Waals surface area contributed by atoms with Crippen molar-refractivity contribution in [3.05, 3.63) is 22.3 Å². The van der Waals surface area contributed by atoms with E-state index >= 15 is 0 Å². The number of halogens is 6. The molecule has 9 heteroatoms. The monoisotopic (exact) mass is 518 g/mol. The van der Waals surface area contributed by atoms with Gasteiger partial charge in [-0.1, -0.05) is 96.8 Å². The van der Waals surface area contributed by atoms with Gasteiger partial charge in [0.1, 0.15) is 17.9 Å². The molecule has 0 fully saturated rings. The fourth-order valence-corrected chi connectivity index (χ4v) is 4.68. The summed E-state index contributed by atoms with van der Waals surface area (Å²) in [6.07, 6.45) is 4.56. The second kappa shape index (κ2) is 15.7. The fraction of sp³-hybridized carbons (Fsp3) is 0.741. The van der Waals surface area contributed by atoms with Gasteiger partial charge >= 0.3 is 12.4 Å². The molecule has 202 valence electrons. The first-order valence-corrected chi connectivity index (χ1v) is 13.0. The van der Waals surface area contributed by atoms with Crippen LogP contribution in [0.5, 0.6) is 0 Å². The summed E-state index contributed by atoms with van der Waals surface area (Å²) in [5.74, 6) is -3.94. The molecule has 0 aromatic carbocycles. The molecular weight excluding hydrogens is 482 g/mol. The van der Waals surface area contributed by atoms with Gasteiger partial charge in [-0.2, -0.15) is 36.9 Å². The predicted molar refractivity (Wildman–Crippen MR) is 125 cm³/mol. The Kier molecular flexibility index (Phi) is 13.9. The van der Waals surface area contributed by atoms with Crippen LogP contribution < -0.4 is 0 Å². The van der Waals surface area contributed by atoms with E-state index in [4.69, 9.17) is 10.5 Å². The molecule has 0 aromatic heterocycles. The molecule has 0 bridgehead atoms. The molecule has 36 heavy (non-hydrogen) atoms. The lowest BCUT2D eigenvalue weighted by Gasteiger charge is -2.21. The van der Waals surface area contributed by atoms with E-state index in [1.807, 2.05) is 0 Å². The van der Waals surface area contributed by atoms with Gasteiger partial charge in [0.15, 0.2) is 0 Å². The number of ketones is 1. The second-order valence-corrected chi connectivity index (χ2v) is 9.40. The lowest BCUT2D eigenvalue weighted by Crippen LogP contribution is -2.31. The summed E-state index contributed by atoms with van der Waals surface area (Å²) in [6, 6.07) is 2.11. The van der Waals surface area contributed by atoms with Crippen LogP contribution in [0.25, 0.3) is 0 Å². The predicted octanol–water partition coefficient (Wildman–Crippen LogP) is 9.21. The summed E-state index contributed by atoms with van der Waals surface area (Å²) in [5, 5.41) is 18.1. The third-order valence-corrected chi connectivity index (χ3v) is 6.55. The third-order valence-electron chi connectivity index (χ3n) is 6.55. The van der Waals surface area contributed by atoms with Crippen molar-refractivity contribution in [3.8, 4) is 12.1 Å². The standard InChI is InChI=1S/C27H36F6N2O/c1-2-3-4-5-6-7-8-9-10-11-12-13-14-15-16-17-22(36)23-24(26(28,29)30)20(18-34)21(19-35)25(23)27(31,32)33/h23H,2-17H2,1H3. The maximum absolute atomic E-state index is 13.5. The molecule has 0 atom stereocenters. The van der Waals surface area contributed by atoms with E-state index in [0.29, 0.717) is 6.42 Å². The van der Waals surface area contributed by atoms with Gasteiger partial charge in [0.05, 0.1) is 28.2 Å². The number of nitriles is 2. The first kappa shape index (κ1) is 31.7. The molecule has 0 aromatic rings. The number of carbonyl (C=O) groups is 1. The first-order valence-electron chi connectivity index (χ1n) is 13.0. The number of hydrogen-bond donors (Lipinski definition) is 0. The Morgan fingerprint density at radius 1 is 0.639 bits per heavy atom. The van der Waals surface area contributed by atoms with E-state index in [1.54, 1.807) is 0 Å². The largest absolute Gasteiger partial charge is 0.415 e. The van der Waals surface area contributed by atoms with Crippen molar-refractivity contribution >= 4 is 5.78 Å². The maximum atomic E-state index is 13.5. The van der Waals surface area contributed by atoms with Gasteiger partial charge in [-0.3, -0.25) is 4.79 Å². The molecule has 0 amide bonds. The van der Waals surface area contributed by atoms with Gasteiger partial charge in [0, 0.05) is 6.42 Å². The summed E-state index contributed by atoms with van der Waals surface area (Å²) in [6.45, 7) is 2.20. The number of Topliss-reactive ketones (excluding diaryl/α,β-unsaturated/α-hetero) is 1. The van der Waals surface area contributed by atoms with E-state index in [1.165, 1.54) is 51.4 Å². The smallest absolute Gasteiger partial charge is 0.299 e. The van der Waals surface area contributed by atoms with Crippen LogP contribution >= 0.6 is 0 Å². The summed E-state index contributed by atoms with van der Waals surface area (Å²) in [5.41, 5.74) is -6.57. The Balaban J connectivity index is 2.45. The summed E-state index contributed by atoms with van der Waals surface area (Å²) in [4.78, 5) is 12.5. The summed E-state index contributed by atoms with van der Waals surface area (Å²) in [7, 11) is 0. The topological polar surface area (TPSA) is 64.7 Å². The number of nitrogens with zero attached hydrogens (tertiary/aromatic N) is 2.